The van der Waals surface area contributed by atoms with E-state index < -0.39 is 6.10 Å². The number of thioether (sulfide) groups is 1. The lowest BCUT2D eigenvalue weighted by Crippen LogP contribution is -2.04. The Bertz CT molecular complexity index is 418. The molecule has 0 saturated carbocycles. The molecule has 0 fully saturated rings. The second kappa shape index (κ2) is 6.02. The summed E-state index contributed by atoms with van der Waals surface area (Å²) in [5.74, 6) is -0.571. The van der Waals surface area contributed by atoms with E-state index >= 15 is 0 Å². The molecule has 0 amide bonds. The van der Waals surface area contributed by atoms with Crippen molar-refractivity contribution in [1.82, 2.24) is 0 Å². The van der Waals surface area contributed by atoms with Gasteiger partial charge in [-0.25, -0.2) is 4.39 Å². The van der Waals surface area contributed by atoms with Crippen LogP contribution in [0.4, 0.5) is 4.39 Å². The highest BCUT2D eigenvalue weighted by atomic mass is 32.2. The number of halogens is 1. The molecule has 5 heteroatoms. The predicted octanol–water partition coefficient (Wildman–Crippen LogP) is 2.45. The number of aliphatic hydroxyl groups is 1. The van der Waals surface area contributed by atoms with E-state index in [4.69, 9.17) is 0 Å². The minimum absolute atomic E-state index is 0.140. The summed E-state index contributed by atoms with van der Waals surface area (Å²) in [5.41, 5.74) is 0.976. The van der Waals surface area contributed by atoms with Crippen LogP contribution in [0.25, 0.3) is 0 Å². The molecule has 0 aliphatic rings. The number of hydrogen-bond acceptors (Lipinski definition) is 4. The monoisotopic (exact) mass is 258 g/mol. The summed E-state index contributed by atoms with van der Waals surface area (Å²) in [6.07, 6.45) is -0.773. The molecule has 0 radical (unpaired) electrons. The van der Waals surface area contributed by atoms with Gasteiger partial charge >= 0.3 is 5.97 Å². The summed E-state index contributed by atoms with van der Waals surface area (Å²) in [6.45, 7) is 3.20. The molecule has 17 heavy (non-hydrogen) atoms. The van der Waals surface area contributed by atoms with Crippen molar-refractivity contribution in [1.29, 1.82) is 0 Å². The molecule has 1 aromatic rings. The molecule has 94 valence electrons. The minimum atomic E-state index is -0.773. The van der Waals surface area contributed by atoms with Crippen molar-refractivity contribution in [3.05, 3.63) is 29.1 Å². The van der Waals surface area contributed by atoms with Gasteiger partial charge in [0.2, 0.25) is 0 Å². The zero-order chi connectivity index (χ0) is 13.0. The number of carbonyl (C=O) groups excluding carboxylic acids is 1. The molecule has 1 N–H and O–H groups in total. The molecule has 1 atom stereocenters. The zero-order valence-corrected chi connectivity index (χ0v) is 10.8. The molecular formula is C12H15FO3S. The van der Waals surface area contributed by atoms with Crippen LogP contribution in [0.2, 0.25) is 0 Å². The van der Waals surface area contributed by atoms with Gasteiger partial charge in [-0.1, -0.05) is 0 Å². The van der Waals surface area contributed by atoms with Gasteiger partial charge in [-0.15, -0.1) is 11.8 Å². The molecule has 0 bridgehead atoms. The van der Waals surface area contributed by atoms with E-state index in [-0.39, 0.29) is 17.5 Å². The molecule has 3 nitrogen and oxygen atoms in total. The number of ether oxygens (including phenoxy) is 1. The molecule has 1 rings (SSSR count). The van der Waals surface area contributed by atoms with Crippen molar-refractivity contribution in [2.24, 2.45) is 0 Å². The molecule has 0 aliphatic carbocycles. The van der Waals surface area contributed by atoms with E-state index in [0.717, 1.165) is 0 Å². The van der Waals surface area contributed by atoms with Crippen LogP contribution in [0.15, 0.2) is 17.0 Å². The maximum absolute atomic E-state index is 13.4. The van der Waals surface area contributed by atoms with Crippen LogP contribution < -0.4 is 0 Å². The number of carbonyl (C=O) groups is 1. The van der Waals surface area contributed by atoms with E-state index in [9.17, 15) is 14.3 Å². The van der Waals surface area contributed by atoms with Crippen molar-refractivity contribution in [3.63, 3.8) is 0 Å². The average Bonchev–Trinajstić information content (AvgIpc) is 2.29. The van der Waals surface area contributed by atoms with Crippen LogP contribution in [0.1, 0.15) is 24.2 Å². The fourth-order valence-corrected chi connectivity index (χ4v) is 2.36. The fraction of sp³-hybridized carbons (Fsp3) is 0.417. The van der Waals surface area contributed by atoms with Gasteiger partial charge in [-0.3, -0.25) is 4.79 Å². The lowest BCUT2D eigenvalue weighted by Gasteiger charge is -2.12. The normalized spacial score (nSPS) is 12.3. The van der Waals surface area contributed by atoms with Crippen LogP contribution in [0.5, 0.6) is 0 Å². The lowest BCUT2D eigenvalue weighted by atomic mass is 10.1. The molecule has 0 unspecified atom stereocenters. The standard InChI is InChI=1S/C12H15FO3S/c1-7-4-11(17-6-12(15)16-3)9(8(2)14)5-10(7)13/h4-5,8,14H,6H2,1-3H3/t8-/m0/s1. The van der Waals surface area contributed by atoms with Gasteiger partial charge in [0, 0.05) is 4.90 Å². The first kappa shape index (κ1) is 14.0. The van der Waals surface area contributed by atoms with Crippen molar-refractivity contribution in [2.75, 3.05) is 12.9 Å². The van der Waals surface area contributed by atoms with Crippen LogP contribution >= 0.6 is 11.8 Å². The van der Waals surface area contributed by atoms with Gasteiger partial charge in [0.25, 0.3) is 0 Å². The van der Waals surface area contributed by atoms with Gasteiger partial charge in [0.15, 0.2) is 0 Å². The van der Waals surface area contributed by atoms with E-state index in [1.54, 1.807) is 19.9 Å². The summed E-state index contributed by atoms with van der Waals surface area (Å²) in [4.78, 5) is 11.7. The molecular weight excluding hydrogens is 243 g/mol. The summed E-state index contributed by atoms with van der Waals surface area (Å²) in [6, 6.07) is 2.94. The average molecular weight is 258 g/mol. The maximum atomic E-state index is 13.4. The van der Waals surface area contributed by atoms with Gasteiger partial charge in [0.1, 0.15) is 5.82 Å². The van der Waals surface area contributed by atoms with Gasteiger partial charge < -0.3 is 9.84 Å². The Kier molecular flexibility index (Phi) is 4.96. The summed E-state index contributed by atoms with van der Waals surface area (Å²) < 4.78 is 17.9. The first-order chi connectivity index (χ1) is 7.95. The highest BCUT2D eigenvalue weighted by molar-refractivity contribution is 8.00. The third-order valence-corrected chi connectivity index (χ3v) is 3.36. The molecule has 0 heterocycles. The zero-order valence-electron chi connectivity index (χ0n) is 9.99. The van der Waals surface area contributed by atoms with Crippen molar-refractivity contribution in [2.45, 2.75) is 24.8 Å². The number of esters is 1. The third kappa shape index (κ3) is 3.71. The Hall–Kier alpha value is -1.07. The van der Waals surface area contributed by atoms with Crippen LogP contribution in [-0.4, -0.2) is 23.9 Å². The van der Waals surface area contributed by atoms with Crippen LogP contribution in [-0.2, 0) is 9.53 Å². The predicted molar refractivity (Wildman–Crippen MR) is 64.5 cm³/mol. The molecule has 1 aromatic carbocycles. The van der Waals surface area contributed by atoms with Gasteiger partial charge in [-0.05, 0) is 37.1 Å². The van der Waals surface area contributed by atoms with E-state index in [1.807, 2.05) is 0 Å². The molecule has 0 aliphatic heterocycles. The summed E-state index contributed by atoms with van der Waals surface area (Å²) in [5, 5.41) is 9.55. The van der Waals surface area contributed by atoms with E-state index in [0.29, 0.717) is 16.0 Å². The van der Waals surface area contributed by atoms with E-state index in [2.05, 4.69) is 4.74 Å². The first-order valence-electron chi connectivity index (χ1n) is 5.13. The topological polar surface area (TPSA) is 46.5 Å². The van der Waals surface area contributed by atoms with Crippen molar-refractivity contribution >= 4 is 17.7 Å². The third-order valence-electron chi connectivity index (χ3n) is 2.31. The SMILES string of the molecule is COC(=O)CSc1cc(C)c(F)cc1[C@H](C)O. The Labute approximate surface area is 104 Å². The number of methoxy groups -OCH3 is 1. The largest absolute Gasteiger partial charge is 0.468 e. The fourth-order valence-electron chi connectivity index (χ4n) is 1.32. The Morgan fingerprint density at radius 1 is 1.59 bits per heavy atom. The van der Waals surface area contributed by atoms with Crippen LogP contribution in [0, 0.1) is 12.7 Å². The molecule has 0 spiro atoms. The number of benzene rings is 1. The Balaban J connectivity index is 2.96. The van der Waals surface area contributed by atoms with Crippen molar-refractivity contribution in [3.8, 4) is 0 Å². The molecule has 0 saturated heterocycles. The number of aliphatic hydroxyl groups excluding tert-OH is 1. The smallest absolute Gasteiger partial charge is 0.315 e. The minimum Gasteiger partial charge on any atom is -0.468 e. The second-order valence-corrected chi connectivity index (χ2v) is 4.70. The Morgan fingerprint density at radius 2 is 2.24 bits per heavy atom. The van der Waals surface area contributed by atoms with E-state index in [1.165, 1.54) is 24.9 Å². The Morgan fingerprint density at radius 3 is 2.76 bits per heavy atom. The maximum Gasteiger partial charge on any atom is 0.315 e. The molecule has 0 aromatic heterocycles. The number of aryl methyl sites for hydroxylation is 1. The van der Waals surface area contributed by atoms with Gasteiger partial charge in [-0.2, -0.15) is 0 Å². The quantitative estimate of drug-likeness (QED) is 0.665. The highest BCUT2D eigenvalue weighted by Crippen LogP contribution is 2.30. The number of hydrogen-bond donors (Lipinski definition) is 1. The highest BCUT2D eigenvalue weighted by Gasteiger charge is 2.13. The summed E-state index contributed by atoms with van der Waals surface area (Å²) >= 11 is 1.23. The second-order valence-electron chi connectivity index (χ2n) is 3.68. The first-order valence-corrected chi connectivity index (χ1v) is 6.12. The van der Waals surface area contributed by atoms with Crippen LogP contribution in [0.3, 0.4) is 0 Å². The van der Waals surface area contributed by atoms with Gasteiger partial charge in [0.05, 0.1) is 19.0 Å². The number of rotatable bonds is 4. The lowest BCUT2D eigenvalue weighted by molar-refractivity contribution is -0.137. The van der Waals surface area contributed by atoms with Crippen molar-refractivity contribution < 1.29 is 19.0 Å². The summed E-state index contributed by atoms with van der Waals surface area (Å²) in [7, 11) is 1.31.